The van der Waals surface area contributed by atoms with Crippen LogP contribution in [0.3, 0.4) is 0 Å². The second-order valence-electron chi connectivity index (χ2n) is 8.67. The number of ether oxygens (including phenoxy) is 1. The van der Waals surface area contributed by atoms with E-state index in [1.54, 1.807) is 25.6 Å². The van der Waals surface area contributed by atoms with Crippen molar-refractivity contribution in [3.63, 3.8) is 0 Å². The normalized spacial score (nSPS) is 14.1. The molecule has 8 heteroatoms. The monoisotopic (exact) mass is 459 g/mol. The molecule has 0 unspecified atom stereocenters. The Hall–Kier alpha value is -3.94. The minimum Gasteiger partial charge on any atom is -0.494 e. The molecule has 1 N–H and O–H groups in total. The average Bonchev–Trinajstić information content (AvgIpc) is 3.60. The molecular weight excluding hydrogens is 433 g/mol. The van der Waals surface area contributed by atoms with Crippen LogP contribution in [0.2, 0.25) is 0 Å². The Kier molecular flexibility index (Phi) is 5.65. The molecule has 1 aliphatic carbocycles. The lowest BCUT2D eigenvalue weighted by molar-refractivity contribution is 0.413. The maximum absolute atomic E-state index is 13.8. The Morgan fingerprint density at radius 3 is 2.68 bits per heavy atom. The predicted octanol–water partition coefficient (Wildman–Crippen LogP) is 5.12. The van der Waals surface area contributed by atoms with E-state index < -0.39 is 6.04 Å². The Morgan fingerprint density at radius 2 is 2.00 bits per heavy atom. The van der Waals surface area contributed by atoms with E-state index in [9.17, 15) is 9.18 Å². The van der Waals surface area contributed by atoms with Crippen molar-refractivity contribution in [3.8, 4) is 11.4 Å². The number of imidazole rings is 1. The number of methoxy groups -OCH3 is 1. The number of hydrogen-bond acceptors (Lipinski definition) is 5. The largest absolute Gasteiger partial charge is 0.494 e. The zero-order valence-electron chi connectivity index (χ0n) is 19.3. The lowest BCUT2D eigenvalue weighted by Crippen LogP contribution is -2.29. The van der Waals surface area contributed by atoms with Crippen LogP contribution >= 0.6 is 0 Å². The van der Waals surface area contributed by atoms with E-state index in [2.05, 4.69) is 15.4 Å². The summed E-state index contributed by atoms with van der Waals surface area (Å²) in [5, 5.41) is 7.90. The standard InChI is InChI=1S/C26H26FN5O2/c1-16-14-31(15-28-16)24-10-9-21(12-25(24)34-3)29-23-13-22(18-7-8-18)30-32(26(23)33)17(2)19-5-4-6-20(27)11-19/h4-6,9-15,17-18,29H,7-8H2,1-3H3/t17-/m0/s1. The molecule has 0 amide bonds. The van der Waals surface area contributed by atoms with Crippen LogP contribution < -0.4 is 15.6 Å². The van der Waals surface area contributed by atoms with E-state index in [4.69, 9.17) is 4.74 Å². The summed E-state index contributed by atoms with van der Waals surface area (Å²) >= 11 is 0. The Balaban J connectivity index is 1.52. The zero-order chi connectivity index (χ0) is 23.8. The quantitative estimate of drug-likeness (QED) is 0.415. The van der Waals surface area contributed by atoms with Crippen LogP contribution in [-0.4, -0.2) is 26.4 Å². The molecule has 0 aliphatic heterocycles. The minimum atomic E-state index is -0.413. The third kappa shape index (κ3) is 4.31. The number of benzene rings is 2. The Morgan fingerprint density at radius 1 is 1.18 bits per heavy atom. The molecule has 0 spiro atoms. The van der Waals surface area contributed by atoms with Crippen molar-refractivity contribution in [2.75, 3.05) is 12.4 Å². The van der Waals surface area contributed by atoms with E-state index in [0.717, 1.165) is 29.9 Å². The number of anilines is 2. The second-order valence-corrected chi connectivity index (χ2v) is 8.67. The van der Waals surface area contributed by atoms with Crippen LogP contribution in [0.25, 0.3) is 5.69 Å². The highest BCUT2D eigenvalue weighted by Gasteiger charge is 2.28. The van der Waals surface area contributed by atoms with Gasteiger partial charge in [-0.3, -0.25) is 4.79 Å². The molecule has 1 aliphatic rings. The topological polar surface area (TPSA) is 74.0 Å². The second kappa shape index (κ2) is 8.78. The predicted molar refractivity (Wildman–Crippen MR) is 129 cm³/mol. The smallest absolute Gasteiger partial charge is 0.291 e. The molecule has 0 radical (unpaired) electrons. The van der Waals surface area contributed by atoms with Crippen LogP contribution in [0, 0.1) is 12.7 Å². The van der Waals surface area contributed by atoms with Crippen LogP contribution in [0.5, 0.6) is 5.75 Å². The van der Waals surface area contributed by atoms with Crippen molar-refractivity contribution >= 4 is 11.4 Å². The van der Waals surface area contributed by atoms with Gasteiger partial charge in [0.15, 0.2) is 0 Å². The molecule has 5 rings (SSSR count). The number of halogens is 1. The fourth-order valence-electron chi connectivity index (χ4n) is 4.05. The van der Waals surface area contributed by atoms with Crippen LogP contribution in [0.4, 0.5) is 15.8 Å². The van der Waals surface area contributed by atoms with Crippen molar-refractivity contribution < 1.29 is 9.13 Å². The first-order valence-corrected chi connectivity index (χ1v) is 11.3. The van der Waals surface area contributed by atoms with Gasteiger partial charge in [-0.05, 0) is 62.6 Å². The van der Waals surface area contributed by atoms with Gasteiger partial charge < -0.3 is 14.6 Å². The molecule has 2 heterocycles. The van der Waals surface area contributed by atoms with E-state index in [-0.39, 0.29) is 11.4 Å². The first kappa shape index (κ1) is 21.9. The van der Waals surface area contributed by atoms with Crippen molar-refractivity contribution in [1.82, 2.24) is 19.3 Å². The third-order valence-corrected chi connectivity index (χ3v) is 6.10. The summed E-state index contributed by atoms with van der Waals surface area (Å²) in [4.78, 5) is 17.7. The van der Waals surface area contributed by atoms with Gasteiger partial charge in [0, 0.05) is 23.9 Å². The summed E-state index contributed by atoms with van der Waals surface area (Å²) in [6.07, 6.45) is 5.75. The van der Waals surface area contributed by atoms with Gasteiger partial charge in [0.25, 0.3) is 5.56 Å². The highest BCUT2D eigenvalue weighted by atomic mass is 19.1. The van der Waals surface area contributed by atoms with Gasteiger partial charge in [0.1, 0.15) is 17.3 Å². The number of rotatable bonds is 7. The number of hydrogen-bond donors (Lipinski definition) is 1. The molecule has 2 aromatic heterocycles. The molecule has 7 nitrogen and oxygen atoms in total. The summed E-state index contributed by atoms with van der Waals surface area (Å²) in [7, 11) is 1.61. The fraction of sp³-hybridized carbons (Fsp3) is 0.269. The molecule has 2 aromatic carbocycles. The maximum atomic E-state index is 13.8. The first-order chi connectivity index (χ1) is 16.4. The molecule has 0 saturated heterocycles. The molecular formula is C26H26FN5O2. The summed E-state index contributed by atoms with van der Waals surface area (Å²) in [5.41, 5.74) is 4.18. The van der Waals surface area contributed by atoms with Gasteiger partial charge in [-0.25, -0.2) is 14.1 Å². The molecule has 174 valence electrons. The molecule has 1 saturated carbocycles. The molecule has 34 heavy (non-hydrogen) atoms. The molecule has 1 fully saturated rings. The Labute approximate surface area is 196 Å². The number of nitrogens with zero attached hydrogens (tertiary/aromatic N) is 4. The highest BCUT2D eigenvalue weighted by molar-refractivity contribution is 5.65. The zero-order valence-corrected chi connectivity index (χ0v) is 19.3. The van der Waals surface area contributed by atoms with Crippen molar-refractivity contribution in [2.45, 2.75) is 38.6 Å². The molecule has 4 aromatic rings. The lowest BCUT2D eigenvalue weighted by Gasteiger charge is -2.18. The average molecular weight is 460 g/mol. The number of nitrogens with one attached hydrogen (secondary N) is 1. The van der Waals surface area contributed by atoms with Gasteiger partial charge in [-0.1, -0.05) is 12.1 Å². The number of aromatic nitrogens is 4. The lowest BCUT2D eigenvalue weighted by atomic mass is 10.1. The summed E-state index contributed by atoms with van der Waals surface area (Å²) in [6.45, 7) is 3.78. The van der Waals surface area contributed by atoms with Gasteiger partial charge in [0.2, 0.25) is 0 Å². The molecule has 0 bridgehead atoms. The summed E-state index contributed by atoms with van der Waals surface area (Å²) < 4.78 is 22.8. The Bertz CT molecular complexity index is 1410. The number of aryl methyl sites for hydroxylation is 1. The van der Waals surface area contributed by atoms with Crippen LogP contribution in [0.1, 0.15) is 48.7 Å². The summed E-state index contributed by atoms with van der Waals surface area (Å²) in [5.74, 6) is 0.648. The summed E-state index contributed by atoms with van der Waals surface area (Å²) in [6, 6.07) is 13.4. The van der Waals surface area contributed by atoms with Gasteiger partial charge in [-0.15, -0.1) is 0 Å². The third-order valence-electron chi connectivity index (χ3n) is 6.10. The fourth-order valence-corrected chi connectivity index (χ4v) is 4.05. The van der Waals surface area contributed by atoms with Crippen molar-refractivity contribution in [2.24, 2.45) is 0 Å². The first-order valence-electron chi connectivity index (χ1n) is 11.3. The van der Waals surface area contributed by atoms with E-state index in [1.165, 1.54) is 16.8 Å². The SMILES string of the molecule is COc1cc(Nc2cc(C3CC3)nn([C@@H](C)c3cccc(F)c3)c2=O)ccc1-n1cnc(C)c1. The van der Waals surface area contributed by atoms with Gasteiger partial charge in [0.05, 0.1) is 36.6 Å². The maximum Gasteiger partial charge on any atom is 0.291 e. The van der Waals surface area contributed by atoms with E-state index in [1.807, 2.05) is 48.9 Å². The van der Waals surface area contributed by atoms with Crippen molar-refractivity contribution in [3.05, 3.63) is 94.2 Å². The van der Waals surface area contributed by atoms with Gasteiger partial charge in [-0.2, -0.15) is 5.10 Å². The van der Waals surface area contributed by atoms with Crippen molar-refractivity contribution in [1.29, 1.82) is 0 Å². The van der Waals surface area contributed by atoms with E-state index in [0.29, 0.717) is 28.6 Å². The van der Waals surface area contributed by atoms with Crippen LogP contribution in [0.15, 0.2) is 65.8 Å². The van der Waals surface area contributed by atoms with Gasteiger partial charge >= 0.3 is 0 Å². The van der Waals surface area contributed by atoms with E-state index >= 15 is 0 Å². The molecule has 1 atom stereocenters. The van der Waals surface area contributed by atoms with Crippen LogP contribution in [-0.2, 0) is 0 Å². The highest BCUT2D eigenvalue weighted by Crippen LogP contribution is 2.39. The minimum absolute atomic E-state index is 0.269.